The van der Waals surface area contributed by atoms with Gasteiger partial charge in [0.1, 0.15) is 5.82 Å². The molecule has 3 aromatic rings. The van der Waals surface area contributed by atoms with Crippen LogP contribution in [0.25, 0.3) is 11.3 Å². The van der Waals surface area contributed by atoms with Gasteiger partial charge in [-0.3, -0.25) is 4.79 Å². The number of hydrogen-bond acceptors (Lipinski definition) is 5. The molecule has 6 heteroatoms. The number of benzene rings is 2. The van der Waals surface area contributed by atoms with Crippen LogP contribution in [0.15, 0.2) is 65.8 Å². The minimum atomic E-state index is -0.0272. The zero-order valence-electron chi connectivity index (χ0n) is 19.3. The Hall–Kier alpha value is -2.86. The van der Waals surface area contributed by atoms with Gasteiger partial charge in [-0.1, -0.05) is 68.1 Å². The van der Waals surface area contributed by atoms with E-state index in [1.54, 1.807) is 11.8 Å². The van der Waals surface area contributed by atoms with Crippen molar-refractivity contribution in [1.82, 2.24) is 15.3 Å². The van der Waals surface area contributed by atoms with Crippen molar-refractivity contribution in [3.63, 3.8) is 0 Å². The molecule has 0 radical (unpaired) electrons. The third-order valence-electron chi connectivity index (χ3n) is 5.10. The Kier molecular flexibility index (Phi) is 8.68. The standard InChI is InChI=1S/C26H32N4OS/c1-5-30(6-2)24-16-23(21-10-8-7-9-11-21)28-26(29-24)32-18-20-12-14-22(15-13-20)25(31)27-17-19(3)4/h7-16,19H,5-6,17-18H2,1-4H3,(H,27,31). The number of amides is 1. The Morgan fingerprint density at radius 3 is 2.31 bits per heavy atom. The second kappa shape index (κ2) is 11.7. The van der Waals surface area contributed by atoms with Crippen LogP contribution in [0.4, 0.5) is 5.82 Å². The van der Waals surface area contributed by atoms with E-state index in [0.29, 0.717) is 18.0 Å². The molecule has 1 amide bonds. The number of carbonyl (C=O) groups excluding carboxylic acids is 1. The van der Waals surface area contributed by atoms with Gasteiger partial charge in [-0.2, -0.15) is 0 Å². The first-order chi connectivity index (χ1) is 15.5. The van der Waals surface area contributed by atoms with Gasteiger partial charge in [-0.15, -0.1) is 0 Å². The van der Waals surface area contributed by atoms with Crippen molar-refractivity contribution < 1.29 is 4.79 Å². The Labute approximate surface area is 195 Å². The van der Waals surface area contributed by atoms with Crippen molar-refractivity contribution in [2.75, 3.05) is 24.5 Å². The first-order valence-electron chi connectivity index (χ1n) is 11.2. The molecule has 2 aromatic carbocycles. The SMILES string of the molecule is CCN(CC)c1cc(-c2ccccc2)nc(SCc2ccc(C(=O)NCC(C)C)cc2)n1. The Bertz CT molecular complexity index is 1000. The van der Waals surface area contributed by atoms with Crippen molar-refractivity contribution in [3.05, 3.63) is 71.8 Å². The quantitative estimate of drug-likeness (QED) is 0.320. The van der Waals surface area contributed by atoms with Gasteiger partial charge in [0.25, 0.3) is 5.91 Å². The molecule has 0 aliphatic rings. The highest BCUT2D eigenvalue weighted by Gasteiger charge is 2.12. The smallest absolute Gasteiger partial charge is 0.251 e. The minimum Gasteiger partial charge on any atom is -0.357 e. The van der Waals surface area contributed by atoms with Crippen LogP contribution < -0.4 is 10.2 Å². The summed E-state index contributed by atoms with van der Waals surface area (Å²) in [7, 11) is 0. The number of rotatable bonds is 10. The molecule has 0 saturated carbocycles. The Morgan fingerprint density at radius 1 is 1.00 bits per heavy atom. The molecule has 1 heterocycles. The van der Waals surface area contributed by atoms with Crippen LogP contribution in [0.5, 0.6) is 0 Å². The van der Waals surface area contributed by atoms with Crippen molar-refractivity contribution in [3.8, 4) is 11.3 Å². The van der Waals surface area contributed by atoms with E-state index in [0.717, 1.165) is 46.6 Å². The summed E-state index contributed by atoms with van der Waals surface area (Å²) in [5.74, 6) is 2.09. The Balaban J connectivity index is 1.75. The van der Waals surface area contributed by atoms with Gasteiger partial charge in [-0.05, 0) is 37.5 Å². The maximum Gasteiger partial charge on any atom is 0.251 e. The summed E-state index contributed by atoms with van der Waals surface area (Å²) in [5, 5.41) is 3.71. The molecule has 0 aliphatic heterocycles. The largest absolute Gasteiger partial charge is 0.357 e. The summed E-state index contributed by atoms with van der Waals surface area (Å²) in [6.07, 6.45) is 0. The second-order valence-electron chi connectivity index (χ2n) is 8.02. The first-order valence-corrected chi connectivity index (χ1v) is 12.2. The van der Waals surface area contributed by atoms with Crippen molar-refractivity contribution >= 4 is 23.5 Å². The maximum atomic E-state index is 12.2. The van der Waals surface area contributed by atoms with Gasteiger partial charge in [0.05, 0.1) is 5.69 Å². The van der Waals surface area contributed by atoms with E-state index < -0.39 is 0 Å². The molecule has 0 aliphatic carbocycles. The average molecular weight is 449 g/mol. The second-order valence-corrected chi connectivity index (χ2v) is 8.96. The van der Waals surface area contributed by atoms with E-state index >= 15 is 0 Å². The number of nitrogens with one attached hydrogen (secondary N) is 1. The van der Waals surface area contributed by atoms with Gasteiger partial charge in [0.15, 0.2) is 5.16 Å². The third kappa shape index (κ3) is 6.57. The molecule has 32 heavy (non-hydrogen) atoms. The molecule has 3 rings (SSSR count). The van der Waals surface area contributed by atoms with Crippen LogP contribution in [0.3, 0.4) is 0 Å². The lowest BCUT2D eigenvalue weighted by molar-refractivity contribution is 0.0949. The highest BCUT2D eigenvalue weighted by molar-refractivity contribution is 7.98. The van der Waals surface area contributed by atoms with Gasteiger partial charge in [-0.25, -0.2) is 9.97 Å². The molecule has 5 nitrogen and oxygen atoms in total. The van der Waals surface area contributed by atoms with Crippen LogP contribution in [0.1, 0.15) is 43.6 Å². The Morgan fingerprint density at radius 2 is 1.69 bits per heavy atom. The van der Waals surface area contributed by atoms with E-state index in [4.69, 9.17) is 9.97 Å². The molecular weight excluding hydrogens is 416 g/mol. The van der Waals surface area contributed by atoms with Gasteiger partial charge in [0, 0.05) is 42.6 Å². The van der Waals surface area contributed by atoms with Gasteiger partial charge in [0.2, 0.25) is 0 Å². The van der Waals surface area contributed by atoms with Gasteiger partial charge >= 0.3 is 0 Å². The maximum absolute atomic E-state index is 12.2. The van der Waals surface area contributed by atoms with Crippen molar-refractivity contribution in [1.29, 1.82) is 0 Å². The molecule has 1 aromatic heterocycles. The predicted octanol–water partition coefficient (Wildman–Crippen LogP) is 5.67. The van der Waals surface area contributed by atoms with Crippen LogP contribution in [0.2, 0.25) is 0 Å². The fourth-order valence-corrected chi connectivity index (χ4v) is 4.05. The van der Waals surface area contributed by atoms with E-state index in [-0.39, 0.29) is 5.91 Å². The summed E-state index contributed by atoms with van der Waals surface area (Å²) in [6, 6.07) is 20.1. The molecule has 1 N–H and O–H groups in total. The predicted molar refractivity (Wildman–Crippen MR) is 134 cm³/mol. The highest BCUT2D eigenvalue weighted by Crippen LogP contribution is 2.27. The van der Waals surface area contributed by atoms with Crippen molar-refractivity contribution in [2.24, 2.45) is 5.92 Å². The normalized spacial score (nSPS) is 10.9. The summed E-state index contributed by atoms with van der Waals surface area (Å²) in [4.78, 5) is 24.1. The summed E-state index contributed by atoms with van der Waals surface area (Å²) >= 11 is 1.61. The van der Waals surface area contributed by atoms with Crippen LogP contribution >= 0.6 is 11.8 Å². The monoisotopic (exact) mass is 448 g/mol. The first kappa shape index (κ1) is 23.8. The molecule has 0 spiro atoms. The van der Waals surface area contributed by atoms with Crippen molar-refractivity contribution in [2.45, 2.75) is 38.6 Å². The lowest BCUT2D eigenvalue weighted by Gasteiger charge is -2.21. The summed E-state index contributed by atoms with van der Waals surface area (Å²) in [5.41, 5.74) is 3.84. The van der Waals surface area contributed by atoms with E-state index in [2.05, 4.69) is 56.1 Å². The van der Waals surface area contributed by atoms with Crippen LogP contribution in [-0.4, -0.2) is 35.5 Å². The van der Waals surface area contributed by atoms with E-state index in [9.17, 15) is 4.79 Å². The number of hydrogen-bond donors (Lipinski definition) is 1. The average Bonchev–Trinajstić information content (AvgIpc) is 2.83. The van der Waals surface area contributed by atoms with Gasteiger partial charge < -0.3 is 10.2 Å². The molecule has 0 atom stereocenters. The zero-order chi connectivity index (χ0) is 22.9. The van der Waals surface area contributed by atoms with E-state index in [1.165, 1.54) is 0 Å². The molecule has 0 fully saturated rings. The molecule has 168 valence electrons. The molecule has 0 bridgehead atoms. The fourth-order valence-electron chi connectivity index (χ4n) is 3.24. The lowest BCUT2D eigenvalue weighted by Crippen LogP contribution is -2.27. The number of thioether (sulfide) groups is 1. The molecular formula is C26H32N4OS. The number of aromatic nitrogens is 2. The van der Waals surface area contributed by atoms with E-state index in [1.807, 2.05) is 42.5 Å². The third-order valence-corrected chi connectivity index (χ3v) is 6.02. The number of anilines is 1. The van der Waals surface area contributed by atoms with Crippen LogP contribution in [-0.2, 0) is 5.75 Å². The molecule has 0 unspecified atom stereocenters. The number of carbonyl (C=O) groups is 1. The topological polar surface area (TPSA) is 58.1 Å². The zero-order valence-corrected chi connectivity index (χ0v) is 20.2. The van der Waals surface area contributed by atoms with Crippen LogP contribution in [0, 0.1) is 5.92 Å². The minimum absolute atomic E-state index is 0.0272. The highest BCUT2D eigenvalue weighted by atomic mass is 32.2. The number of nitrogens with zero attached hydrogens (tertiary/aromatic N) is 3. The molecule has 0 saturated heterocycles. The summed E-state index contributed by atoms with van der Waals surface area (Å²) in [6.45, 7) is 10.9. The fraction of sp³-hybridized carbons (Fsp3) is 0.346. The lowest BCUT2D eigenvalue weighted by atomic mass is 10.1. The summed E-state index contributed by atoms with van der Waals surface area (Å²) < 4.78 is 0.